The number of amides is 1. The molecule has 1 aliphatic heterocycles. The van der Waals surface area contributed by atoms with Crippen molar-refractivity contribution in [3.05, 3.63) is 18.0 Å². The first kappa shape index (κ1) is 9.21. The van der Waals surface area contributed by atoms with Crippen LogP contribution in [0.4, 0.5) is 0 Å². The molecule has 0 aromatic carbocycles. The molecule has 76 valence electrons. The lowest BCUT2D eigenvalue weighted by Gasteiger charge is -2.14. The predicted molar refractivity (Wildman–Crippen MR) is 49.4 cm³/mol. The molecule has 1 aromatic heterocycles. The van der Waals surface area contributed by atoms with Crippen LogP contribution in [0.5, 0.6) is 0 Å². The van der Waals surface area contributed by atoms with E-state index in [0.717, 1.165) is 13.0 Å². The molecule has 1 saturated heterocycles. The lowest BCUT2D eigenvalue weighted by atomic mass is 10.3. The zero-order chi connectivity index (χ0) is 9.97. The molecule has 0 spiro atoms. The Hall–Kier alpha value is -1.36. The zero-order valence-corrected chi connectivity index (χ0v) is 7.85. The van der Waals surface area contributed by atoms with Crippen molar-refractivity contribution in [1.29, 1.82) is 0 Å². The first-order valence-corrected chi connectivity index (χ1v) is 4.68. The molecule has 1 atom stereocenters. The van der Waals surface area contributed by atoms with Crippen LogP contribution in [0.3, 0.4) is 0 Å². The Kier molecular flexibility index (Phi) is 2.49. The van der Waals surface area contributed by atoms with Gasteiger partial charge in [-0.05, 0) is 6.42 Å². The van der Waals surface area contributed by atoms with E-state index in [4.69, 9.17) is 5.73 Å². The number of aromatic nitrogens is 1. The molecule has 2 N–H and O–H groups in total. The number of hydrogen-bond donors (Lipinski definition) is 1. The SMILES string of the molecule is NC1CCN(C(=O)Cc2ccon2)C1. The van der Waals surface area contributed by atoms with Crippen LogP contribution in [0, 0.1) is 0 Å². The van der Waals surface area contributed by atoms with Gasteiger partial charge in [0.25, 0.3) is 0 Å². The number of hydrogen-bond acceptors (Lipinski definition) is 4. The molecule has 2 heterocycles. The highest BCUT2D eigenvalue weighted by Gasteiger charge is 2.23. The first-order chi connectivity index (χ1) is 6.75. The van der Waals surface area contributed by atoms with Gasteiger partial charge in [-0.3, -0.25) is 4.79 Å². The number of likely N-dealkylation sites (tertiary alicyclic amines) is 1. The van der Waals surface area contributed by atoms with Crippen molar-refractivity contribution in [2.24, 2.45) is 5.73 Å². The van der Waals surface area contributed by atoms with Gasteiger partial charge < -0.3 is 15.2 Å². The van der Waals surface area contributed by atoms with Gasteiger partial charge >= 0.3 is 0 Å². The number of nitrogens with zero attached hydrogens (tertiary/aromatic N) is 2. The normalized spacial score (nSPS) is 21.5. The van der Waals surface area contributed by atoms with Crippen LogP contribution < -0.4 is 5.73 Å². The summed E-state index contributed by atoms with van der Waals surface area (Å²) < 4.78 is 4.65. The standard InChI is InChI=1S/C9H13N3O2/c10-7-1-3-12(6-7)9(13)5-8-2-4-14-11-8/h2,4,7H,1,3,5-6,10H2. The molecule has 2 rings (SSSR count). The molecule has 0 saturated carbocycles. The Morgan fingerprint density at radius 1 is 1.79 bits per heavy atom. The Morgan fingerprint density at radius 3 is 3.21 bits per heavy atom. The van der Waals surface area contributed by atoms with Crippen molar-refractivity contribution in [3.8, 4) is 0 Å². The Labute approximate surface area is 81.8 Å². The van der Waals surface area contributed by atoms with Crippen LogP contribution in [0.1, 0.15) is 12.1 Å². The summed E-state index contributed by atoms with van der Waals surface area (Å²) in [7, 11) is 0. The van der Waals surface area contributed by atoms with E-state index < -0.39 is 0 Å². The summed E-state index contributed by atoms with van der Waals surface area (Å²) >= 11 is 0. The van der Waals surface area contributed by atoms with E-state index in [0.29, 0.717) is 18.7 Å². The second-order valence-electron chi connectivity index (χ2n) is 3.56. The number of carbonyl (C=O) groups excluding carboxylic acids is 1. The topological polar surface area (TPSA) is 72.4 Å². The number of carbonyl (C=O) groups is 1. The van der Waals surface area contributed by atoms with Crippen LogP contribution >= 0.6 is 0 Å². The first-order valence-electron chi connectivity index (χ1n) is 4.68. The van der Waals surface area contributed by atoms with Crippen molar-refractivity contribution in [3.63, 3.8) is 0 Å². The molecular weight excluding hydrogens is 182 g/mol. The van der Waals surface area contributed by atoms with Gasteiger partial charge in [0.1, 0.15) is 6.26 Å². The molecule has 1 amide bonds. The molecule has 0 bridgehead atoms. The van der Waals surface area contributed by atoms with Crippen molar-refractivity contribution in [1.82, 2.24) is 10.1 Å². The van der Waals surface area contributed by atoms with E-state index in [1.54, 1.807) is 11.0 Å². The smallest absolute Gasteiger partial charge is 0.228 e. The van der Waals surface area contributed by atoms with E-state index in [2.05, 4.69) is 9.68 Å². The highest BCUT2D eigenvalue weighted by atomic mass is 16.5. The Morgan fingerprint density at radius 2 is 2.64 bits per heavy atom. The van der Waals surface area contributed by atoms with E-state index in [1.165, 1.54) is 6.26 Å². The van der Waals surface area contributed by atoms with Gasteiger partial charge in [-0.15, -0.1) is 0 Å². The third-order valence-electron chi connectivity index (χ3n) is 2.40. The van der Waals surface area contributed by atoms with E-state index in [9.17, 15) is 4.79 Å². The number of rotatable bonds is 2. The van der Waals surface area contributed by atoms with Crippen molar-refractivity contribution in [2.75, 3.05) is 13.1 Å². The minimum Gasteiger partial charge on any atom is -0.364 e. The van der Waals surface area contributed by atoms with Gasteiger partial charge in [-0.1, -0.05) is 5.16 Å². The maximum atomic E-state index is 11.6. The molecule has 0 aliphatic carbocycles. The molecule has 5 nitrogen and oxygen atoms in total. The van der Waals surface area contributed by atoms with Crippen LogP contribution in [0.25, 0.3) is 0 Å². The average Bonchev–Trinajstić information content (AvgIpc) is 2.75. The fourth-order valence-corrected chi connectivity index (χ4v) is 1.61. The van der Waals surface area contributed by atoms with Gasteiger partial charge in [0, 0.05) is 25.2 Å². The summed E-state index contributed by atoms with van der Waals surface area (Å²) in [5.41, 5.74) is 6.38. The van der Waals surface area contributed by atoms with E-state index >= 15 is 0 Å². The second-order valence-corrected chi connectivity index (χ2v) is 3.56. The van der Waals surface area contributed by atoms with Crippen molar-refractivity contribution >= 4 is 5.91 Å². The van der Waals surface area contributed by atoms with Gasteiger partial charge in [-0.25, -0.2) is 0 Å². The van der Waals surface area contributed by atoms with Crippen LogP contribution in [-0.4, -0.2) is 35.1 Å². The van der Waals surface area contributed by atoms with Crippen molar-refractivity contribution in [2.45, 2.75) is 18.9 Å². The zero-order valence-electron chi connectivity index (χ0n) is 7.85. The fourth-order valence-electron chi connectivity index (χ4n) is 1.61. The summed E-state index contributed by atoms with van der Waals surface area (Å²) in [6, 6.07) is 1.84. The molecular formula is C9H13N3O2. The van der Waals surface area contributed by atoms with Crippen LogP contribution in [-0.2, 0) is 11.2 Å². The third-order valence-corrected chi connectivity index (χ3v) is 2.40. The van der Waals surface area contributed by atoms with E-state index in [-0.39, 0.29) is 11.9 Å². The third kappa shape index (κ3) is 1.93. The van der Waals surface area contributed by atoms with Crippen LogP contribution in [0.2, 0.25) is 0 Å². The quantitative estimate of drug-likeness (QED) is 0.708. The fraction of sp³-hybridized carbons (Fsp3) is 0.556. The van der Waals surface area contributed by atoms with Gasteiger partial charge in [0.05, 0.1) is 12.1 Å². The summed E-state index contributed by atoms with van der Waals surface area (Å²) in [6.07, 6.45) is 2.67. The van der Waals surface area contributed by atoms with Crippen LogP contribution in [0.15, 0.2) is 16.9 Å². The minimum atomic E-state index is 0.0758. The summed E-state index contributed by atoms with van der Waals surface area (Å²) in [5.74, 6) is 0.0758. The lowest BCUT2D eigenvalue weighted by Crippen LogP contribution is -2.32. The Bertz CT molecular complexity index is 310. The molecule has 5 heteroatoms. The molecule has 14 heavy (non-hydrogen) atoms. The Balaban J connectivity index is 1.90. The second kappa shape index (κ2) is 3.79. The van der Waals surface area contributed by atoms with Gasteiger partial charge in [0.2, 0.25) is 5.91 Å². The highest BCUT2D eigenvalue weighted by molar-refractivity contribution is 5.78. The molecule has 1 aromatic rings. The summed E-state index contributed by atoms with van der Waals surface area (Å²) in [5, 5.41) is 3.69. The monoisotopic (exact) mass is 195 g/mol. The summed E-state index contributed by atoms with van der Waals surface area (Å²) in [6.45, 7) is 1.43. The predicted octanol–water partition coefficient (Wildman–Crippen LogP) is -0.223. The van der Waals surface area contributed by atoms with E-state index in [1.807, 2.05) is 0 Å². The van der Waals surface area contributed by atoms with Crippen molar-refractivity contribution < 1.29 is 9.32 Å². The molecule has 0 radical (unpaired) electrons. The minimum absolute atomic E-state index is 0.0758. The molecule has 1 unspecified atom stereocenters. The molecule has 1 aliphatic rings. The van der Waals surface area contributed by atoms with Gasteiger partial charge in [-0.2, -0.15) is 0 Å². The summed E-state index contributed by atoms with van der Waals surface area (Å²) in [4.78, 5) is 13.4. The lowest BCUT2D eigenvalue weighted by molar-refractivity contribution is -0.129. The maximum absolute atomic E-state index is 11.6. The highest BCUT2D eigenvalue weighted by Crippen LogP contribution is 2.09. The average molecular weight is 195 g/mol. The number of nitrogens with two attached hydrogens (primary N) is 1. The van der Waals surface area contributed by atoms with Gasteiger partial charge in [0.15, 0.2) is 0 Å². The largest absolute Gasteiger partial charge is 0.364 e. The molecule has 1 fully saturated rings. The maximum Gasteiger partial charge on any atom is 0.228 e.